The molecule has 0 atom stereocenters. The average molecular weight is 328 g/mol. The van der Waals surface area contributed by atoms with Gasteiger partial charge in [0.2, 0.25) is 0 Å². The van der Waals surface area contributed by atoms with Gasteiger partial charge in [0.15, 0.2) is 5.75 Å². The number of hydrogen-bond donors (Lipinski definition) is 3. The monoisotopic (exact) mass is 328 g/mol. The molecule has 0 aliphatic rings. The number of nitro benzene ring substituents is 1. The maximum absolute atomic E-state index is 11.7. The molecule has 24 heavy (non-hydrogen) atoms. The van der Waals surface area contributed by atoms with E-state index in [1.165, 1.54) is 18.3 Å². The van der Waals surface area contributed by atoms with Crippen molar-refractivity contribution >= 4 is 23.5 Å². The van der Waals surface area contributed by atoms with Gasteiger partial charge in [-0.15, -0.1) is 0 Å². The number of nitro groups is 1. The number of hydrazone groups is 1. The van der Waals surface area contributed by atoms with E-state index >= 15 is 0 Å². The predicted octanol–water partition coefficient (Wildman–Crippen LogP) is 2.17. The number of para-hydroxylation sites is 1. The third-order valence-electron chi connectivity index (χ3n) is 3.18. The summed E-state index contributed by atoms with van der Waals surface area (Å²) in [6.07, 6.45) is 1.26. The normalized spacial score (nSPS) is 10.5. The zero-order chi connectivity index (χ0) is 17.5. The van der Waals surface area contributed by atoms with Crippen LogP contribution in [0.25, 0.3) is 0 Å². The summed E-state index contributed by atoms with van der Waals surface area (Å²) in [6.45, 7) is 1.97. The van der Waals surface area contributed by atoms with Crippen molar-refractivity contribution in [2.24, 2.45) is 5.10 Å². The molecular formula is C16H16N4O4. The van der Waals surface area contributed by atoms with Gasteiger partial charge in [0.1, 0.15) is 0 Å². The summed E-state index contributed by atoms with van der Waals surface area (Å²) in [5, 5.41) is 26.8. The van der Waals surface area contributed by atoms with Crippen LogP contribution in [0.3, 0.4) is 0 Å². The highest BCUT2D eigenvalue weighted by atomic mass is 16.6. The van der Waals surface area contributed by atoms with Crippen LogP contribution in [0.2, 0.25) is 0 Å². The number of phenols is 1. The summed E-state index contributed by atoms with van der Waals surface area (Å²) >= 11 is 0. The van der Waals surface area contributed by atoms with E-state index in [0.717, 1.165) is 17.3 Å². The fourth-order valence-corrected chi connectivity index (χ4v) is 1.93. The summed E-state index contributed by atoms with van der Waals surface area (Å²) < 4.78 is 0. The zero-order valence-electron chi connectivity index (χ0n) is 12.9. The van der Waals surface area contributed by atoms with E-state index in [4.69, 9.17) is 0 Å². The number of nitrogens with zero attached hydrogens (tertiary/aromatic N) is 2. The third kappa shape index (κ3) is 4.54. The highest BCUT2D eigenvalue weighted by molar-refractivity contribution is 5.85. The molecule has 2 aromatic carbocycles. The molecule has 8 nitrogen and oxygen atoms in total. The molecule has 124 valence electrons. The van der Waals surface area contributed by atoms with E-state index < -0.39 is 16.4 Å². The van der Waals surface area contributed by atoms with Crippen LogP contribution in [0.1, 0.15) is 11.1 Å². The quantitative estimate of drug-likeness (QED) is 0.427. The lowest BCUT2D eigenvalue weighted by Crippen LogP contribution is -2.26. The Morgan fingerprint density at radius 1 is 1.33 bits per heavy atom. The SMILES string of the molecule is Cc1ccccc1NCC(=O)N/N=C/c1ccc(O)c([N+](=O)[O-])c1. The first kappa shape index (κ1) is 16.9. The van der Waals surface area contributed by atoms with Crippen molar-refractivity contribution in [2.75, 3.05) is 11.9 Å². The maximum Gasteiger partial charge on any atom is 0.311 e. The molecule has 0 radical (unpaired) electrons. The van der Waals surface area contributed by atoms with E-state index in [0.29, 0.717) is 5.56 Å². The molecule has 0 aliphatic heterocycles. The number of amides is 1. The van der Waals surface area contributed by atoms with Crippen LogP contribution in [0, 0.1) is 17.0 Å². The maximum atomic E-state index is 11.7. The van der Waals surface area contributed by atoms with Crippen molar-refractivity contribution in [3.05, 3.63) is 63.7 Å². The smallest absolute Gasteiger partial charge is 0.311 e. The molecule has 0 fully saturated rings. The number of hydrogen-bond acceptors (Lipinski definition) is 6. The number of aryl methyl sites for hydroxylation is 1. The Labute approximate surface area is 138 Å². The third-order valence-corrected chi connectivity index (χ3v) is 3.18. The Bertz CT molecular complexity index is 789. The Morgan fingerprint density at radius 3 is 2.79 bits per heavy atom. The Hall–Kier alpha value is -3.42. The Kier molecular flexibility index (Phi) is 5.45. The van der Waals surface area contributed by atoms with Crippen LogP contribution in [-0.4, -0.2) is 28.7 Å². The number of phenolic OH excluding ortho intramolecular Hbond substituents is 1. The minimum absolute atomic E-state index is 0.0396. The summed E-state index contributed by atoms with van der Waals surface area (Å²) in [5.74, 6) is -0.786. The summed E-state index contributed by atoms with van der Waals surface area (Å²) in [5.41, 5.74) is 4.15. The lowest BCUT2D eigenvalue weighted by atomic mass is 10.2. The molecule has 0 saturated heterocycles. The van der Waals surface area contributed by atoms with Crippen molar-refractivity contribution in [3.8, 4) is 5.75 Å². The highest BCUT2D eigenvalue weighted by Crippen LogP contribution is 2.25. The van der Waals surface area contributed by atoms with Gasteiger partial charge in [-0.3, -0.25) is 14.9 Å². The van der Waals surface area contributed by atoms with E-state index in [1.54, 1.807) is 0 Å². The van der Waals surface area contributed by atoms with Gasteiger partial charge in [-0.05, 0) is 30.7 Å². The van der Waals surface area contributed by atoms with Crippen LogP contribution >= 0.6 is 0 Å². The van der Waals surface area contributed by atoms with Gasteiger partial charge in [-0.25, -0.2) is 5.43 Å². The van der Waals surface area contributed by atoms with Crippen molar-refractivity contribution < 1.29 is 14.8 Å². The van der Waals surface area contributed by atoms with E-state index in [2.05, 4.69) is 15.8 Å². The van der Waals surface area contributed by atoms with Gasteiger partial charge >= 0.3 is 5.69 Å². The second kappa shape index (κ2) is 7.73. The van der Waals surface area contributed by atoms with Crippen LogP contribution in [0.15, 0.2) is 47.6 Å². The van der Waals surface area contributed by atoms with Gasteiger partial charge in [0, 0.05) is 17.3 Å². The second-order valence-corrected chi connectivity index (χ2v) is 4.97. The van der Waals surface area contributed by atoms with Crippen molar-refractivity contribution in [1.29, 1.82) is 0 Å². The zero-order valence-corrected chi connectivity index (χ0v) is 12.9. The highest BCUT2D eigenvalue weighted by Gasteiger charge is 2.12. The largest absolute Gasteiger partial charge is 0.502 e. The molecule has 8 heteroatoms. The molecule has 2 aromatic rings. The number of carbonyl (C=O) groups is 1. The van der Waals surface area contributed by atoms with Crippen LogP contribution < -0.4 is 10.7 Å². The first-order valence-corrected chi connectivity index (χ1v) is 7.06. The first-order valence-electron chi connectivity index (χ1n) is 7.06. The van der Waals surface area contributed by atoms with Gasteiger partial charge in [0.25, 0.3) is 5.91 Å². The number of aromatic hydroxyl groups is 1. The first-order chi connectivity index (χ1) is 11.5. The number of rotatable bonds is 6. The van der Waals surface area contributed by atoms with Crippen LogP contribution in [-0.2, 0) is 4.79 Å². The van der Waals surface area contributed by atoms with Crippen LogP contribution in [0.4, 0.5) is 11.4 Å². The predicted molar refractivity (Wildman–Crippen MR) is 90.2 cm³/mol. The molecule has 0 saturated carbocycles. The average Bonchev–Trinajstić information content (AvgIpc) is 2.55. The van der Waals surface area contributed by atoms with E-state index in [1.807, 2.05) is 31.2 Å². The molecule has 2 rings (SSSR count). The summed E-state index contributed by atoms with van der Waals surface area (Å²) in [6, 6.07) is 11.4. The number of anilines is 1. The van der Waals surface area contributed by atoms with Crippen molar-refractivity contribution in [1.82, 2.24) is 5.43 Å². The second-order valence-electron chi connectivity index (χ2n) is 4.97. The minimum atomic E-state index is -0.697. The molecule has 0 aliphatic carbocycles. The van der Waals surface area contributed by atoms with Crippen molar-refractivity contribution in [3.63, 3.8) is 0 Å². The lowest BCUT2D eigenvalue weighted by Gasteiger charge is -2.07. The number of nitrogens with one attached hydrogen (secondary N) is 2. The fourth-order valence-electron chi connectivity index (χ4n) is 1.93. The Morgan fingerprint density at radius 2 is 2.08 bits per heavy atom. The van der Waals surface area contributed by atoms with Gasteiger partial charge in [0.05, 0.1) is 17.7 Å². The topological polar surface area (TPSA) is 117 Å². The molecule has 1 amide bonds. The minimum Gasteiger partial charge on any atom is -0.502 e. The van der Waals surface area contributed by atoms with Crippen molar-refractivity contribution in [2.45, 2.75) is 6.92 Å². The molecule has 0 spiro atoms. The fraction of sp³-hybridized carbons (Fsp3) is 0.125. The van der Waals surface area contributed by atoms with E-state index in [9.17, 15) is 20.0 Å². The molecule has 0 bridgehead atoms. The van der Waals surface area contributed by atoms with Crippen LogP contribution in [0.5, 0.6) is 5.75 Å². The molecule has 0 heterocycles. The number of carbonyl (C=O) groups excluding carboxylic acids is 1. The van der Waals surface area contributed by atoms with E-state index in [-0.39, 0.29) is 12.5 Å². The lowest BCUT2D eigenvalue weighted by molar-refractivity contribution is -0.385. The number of benzene rings is 2. The molecular weight excluding hydrogens is 312 g/mol. The Balaban J connectivity index is 1.90. The standard InChI is InChI=1S/C16H16N4O4/c1-11-4-2-3-5-13(11)17-10-16(22)19-18-9-12-6-7-15(21)14(8-12)20(23)24/h2-9,17,21H,10H2,1H3,(H,19,22)/b18-9+. The van der Waals surface area contributed by atoms with Gasteiger partial charge < -0.3 is 10.4 Å². The summed E-state index contributed by atoms with van der Waals surface area (Å²) in [4.78, 5) is 21.7. The van der Waals surface area contributed by atoms with Gasteiger partial charge in [-0.1, -0.05) is 18.2 Å². The molecule has 3 N–H and O–H groups in total. The summed E-state index contributed by atoms with van der Waals surface area (Å²) in [7, 11) is 0. The molecule has 0 aromatic heterocycles. The van der Waals surface area contributed by atoms with Gasteiger partial charge in [-0.2, -0.15) is 5.10 Å². The molecule has 0 unspecified atom stereocenters.